The van der Waals surface area contributed by atoms with Crippen molar-refractivity contribution in [3.05, 3.63) is 31.0 Å². The van der Waals surface area contributed by atoms with Crippen molar-refractivity contribution < 1.29 is 4.79 Å². The number of carbonyl (C=O) groups excluding carboxylic acids is 1. The van der Waals surface area contributed by atoms with Crippen LogP contribution in [0.25, 0.3) is 0 Å². The second kappa shape index (κ2) is 5.34. The molecule has 3 N–H and O–H groups in total. The van der Waals surface area contributed by atoms with Crippen molar-refractivity contribution >= 4 is 17.5 Å². The molecule has 1 aromatic rings. The van der Waals surface area contributed by atoms with Gasteiger partial charge >= 0.3 is 6.03 Å². The summed E-state index contributed by atoms with van der Waals surface area (Å²) < 4.78 is 0. The quantitative estimate of drug-likeness (QED) is 0.680. The van der Waals surface area contributed by atoms with Gasteiger partial charge in [0, 0.05) is 12.6 Å². The minimum Gasteiger partial charge on any atom is -0.367 e. The summed E-state index contributed by atoms with van der Waals surface area (Å²) >= 11 is 0. The molecule has 1 fully saturated rings. The molecule has 0 aromatic carbocycles. The first kappa shape index (κ1) is 11.4. The second-order valence-electron chi connectivity index (χ2n) is 3.97. The molecular weight excluding hydrogens is 216 g/mol. The van der Waals surface area contributed by atoms with Crippen LogP contribution >= 0.6 is 0 Å². The summed E-state index contributed by atoms with van der Waals surface area (Å²) in [7, 11) is 0. The van der Waals surface area contributed by atoms with Crippen LogP contribution in [0.3, 0.4) is 0 Å². The normalized spacial score (nSPS) is 13.9. The molecule has 2 rings (SSSR count). The van der Waals surface area contributed by atoms with Gasteiger partial charge in [-0.15, -0.1) is 6.58 Å². The summed E-state index contributed by atoms with van der Waals surface area (Å²) in [5.74, 6) is 0.762. The number of urea groups is 1. The third kappa shape index (κ3) is 3.79. The van der Waals surface area contributed by atoms with Gasteiger partial charge in [-0.3, -0.25) is 0 Å². The molecule has 2 amide bonds. The molecule has 5 heteroatoms. The van der Waals surface area contributed by atoms with E-state index in [0.717, 1.165) is 18.7 Å². The number of rotatable bonds is 5. The Kier molecular flexibility index (Phi) is 3.59. The Morgan fingerprint density at radius 3 is 2.94 bits per heavy atom. The predicted molar refractivity (Wildman–Crippen MR) is 68.1 cm³/mol. The van der Waals surface area contributed by atoms with E-state index in [9.17, 15) is 4.79 Å². The summed E-state index contributed by atoms with van der Waals surface area (Å²) in [4.78, 5) is 15.6. The standard InChI is InChI=1S/C12H16N4O/c1-2-7-13-11-6-5-10(8-14-11)16-12(17)15-9-3-4-9/h2,5-6,8-9H,1,3-4,7H2,(H,13,14)(H2,15,16,17). The smallest absolute Gasteiger partial charge is 0.319 e. The Bertz CT molecular complexity index is 397. The number of nitrogens with one attached hydrogen (secondary N) is 3. The molecule has 0 atom stereocenters. The number of amides is 2. The molecule has 0 saturated heterocycles. The number of nitrogens with zero attached hydrogens (tertiary/aromatic N) is 1. The number of anilines is 2. The highest BCUT2D eigenvalue weighted by Gasteiger charge is 2.23. The number of aromatic nitrogens is 1. The number of carbonyl (C=O) groups is 1. The molecule has 1 aliphatic rings. The van der Waals surface area contributed by atoms with Crippen LogP contribution in [-0.4, -0.2) is 23.6 Å². The summed E-state index contributed by atoms with van der Waals surface area (Å²) in [5.41, 5.74) is 0.687. The van der Waals surface area contributed by atoms with Crippen molar-refractivity contribution in [3.8, 4) is 0 Å². The molecule has 17 heavy (non-hydrogen) atoms. The lowest BCUT2D eigenvalue weighted by atomic mass is 10.4. The first-order chi connectivity index (χ1) is 8.28. The van der Waals surface area contributed by atoms with Gasteiger partial charge in [-0.05, 0) is 25.0 Å². The zero-order valence-electron chi connectivity index (χ0n) is 9.57. The van der Waals surface area contributed by atoms with Gasteiger partial charge in [0.1, 0.15) is 5.82 Å². The fraction of sp³-hybridized carbons (Fsp3) is 0.333. The van der Waals surface area contributed by atoms with Gasteiger partial charge in [0.25, 0.3) is 0 Å². The molecule has 1 heterocycles. The zero-order chi connectivity index (χ0) is 12.1. The maximum atomic E-state index is 11.4. The Morgan fingerprint density at radius 2 is 2.35 bits per heavy atom. The SMILES string of the molecule is C=CCNc1ccc(NC(=O)NC2CC2)cn1. The molecule has 5 nitrogen and oxygen atoms in total. The summed E-state index contributed by atoms with van der Waals surface area (Å²) in [5, 5.41) is 8.64. The van der Waals surface area contributed by atoms with Crippen molar-refractivity contribution in [2.24, 2.45) is 0 Å². The summed E-state index contributed by atoms with van der Waals surface area (Å²) in [6, 6.07) is 3.82. The highest BCUT2D eigenvalue weighted by molar-refractivity contribution is 5.89. The molecule has 0 radical (unpaired) electrons. The minimum atomic E-state index is -0.166. The van der Waals surface area contributed by atoms with Gasteiger partial charge in [0.05, 0.1) is 11.9 Å². The van der Waals surface area contributed by atoms with Gasteiger partial charge in [0.2, 0.25) is 0 Å². The molecule has 0 unspecified atom stereocenters. The van der Waals surface area contributed by atoms with E-state index in [1.165, 1.54) is 0 Å². The average molecular weight is 232 g/mol. The van der Waals surface area contributed by atoms with Gasteiger partial charge < -0.3 is 16.0 Å². The van der Waals surface area contributed by atoms with Gasteiger partial charge in [0.15, 0.2) is 0 Å². The average Bonchev–Trinajstić information content (AvgIpc) is 3.12. The third-order valence-electron chi connectivity index (χ3n) is 2.36. The molecule has 1 aromatic heterocycles. The van der Waals surface area contributed by atoms with Crippen LogP contribution in [0.1, 0.15) is 12.8 Å². The summed E-state index contributed by atoms with van der Waals surface area (Å²) in [6.07, 6.45) is 5.54. The lowest BCUT2D eigenvalue weighted by molar-refractivity contribution is 0.251. The van der Waals surface area contributed by atoms with Crippen LogP contribution in [0.2, 0.25) is 0 Å². The zero-order valence-corrected chi connectivity index (χ0v) is 9.57. The molecule has 90 valence electrons. The fourth-order valence-electron chi connectivity index (χ4n) is 1.33. The third-order valence-corrected chi connectivity index (χ3v) is 2.36. The molecule has 1 saturated carbocycles. The second-order valence-corrected chi connectivity index (χ2v) is 3.97. The van der Waals surface area contributed by atoms with Crippen LogP contribution in [-0.2, 0) is 0 Å². The maximum Gasteiger partial charge on any atom is 0.319 e. The van der Waals surface area contributed by atoms with Crippen LogP contribution in [0.4, 0.5) is 16.3 Å². The first-order valence-corrected chi connectivity index (χ1v) is 5.66. The Morgan fingerprint density at radius 1 is 1.53 bits per heavy atom. The van der Waals surface area contributed by atoms with Crippen molar-refractivity contribution in [3.63, 3.8) is 0 Å². The van der Waals surface area contributed by atoms with E-state index in [-0.39, 0.29) is 6.03 Å². The predicted octanol–water partition coefficient (Wildman–Crippen LogP) is 1.96. The lowest BCUT2D eigenvalue weighted by Crippen LogP contribution is -2.30. The minimum absolute atomic E-state index is 0.166. The monoisotopic (exact) mass is 232 g/mol. The number of hydrogen-bond acceptors (Lipinski definition) is 3. The van der Waals surface area contributed by atoms with E-state index in [0.29, 0.717) is 18.3 Å². The largest absolute Gasteiger partial charge is 0.367 e. The van der Waals surface area contributed by atoms with Crippen molar-refractivity contribution in [2.75, 3.05) is 17.2 Å². The van der Waals surface area contributed by atoms with E-state index in [2.05, 4.69) is 27.5 Å². The molecule has 0 bridgehead atoms. The van der Waals surface area contributed by atoms with Crippen LogP contribution in [0.5, 0.6) is 0 Å². The van der Waals surface area contributed by atoms with Crippen LogP contribution in [0.15, 0.2) is 31.0 Å². The van der Waals surface area contributed by atoms with Crippen molar-refractivity contribution in [1.29, 1.82) is 0 Å². The highest BCUT2D eigenvalue weighted by Crippen LogP contribution is 2.18. The van der Waals surface area contributed by atoms with E-state index in [4.69, 9.17) is 0 Å². The first-order valence-electron chi connectivity index (χ1n) is 5.66. The number of pyridine rings is 1. The van der Waals surface area contributed by atoms with E-state index in [1.807, 2.05) is 12.1 Å². The van der Waals surface area contributed by atoms with Gasteiger partial charge in [-0.1, -0.05) is 6.08 Å². The topological polar surface area (TPSA) is 66.0 Å². The summed E-state index contributed by atoms with van der Waals surface area (Å²) in [6.45, 7) is 4.28. The van der Waals surface area contributed by atoms with Gasteiger partial charge in [-0.2, -0.15) is 0 Å². The van der Waals surface area contributed by atoms with E-state index >= 15 is 0 Å². The molecular formula is C12H16N4O. The van der Waals surface area contributed by atoms with E-state index in [1.54, 1.807) is 12.3 Å². The Labute approximate surface area is 100 Å². The number of hydrogen-bond donors (Lipinski definition) is 3. The Hall–Kier alpha value is -2.04. The molecule has 0 aliphatic heterocycles. The van der Waals surface area contributed by atoms with Crippen LogP contribution < -0.4 is 16.0 Å². The van der Waals surface area contributed by atoms with E-state index < -0.39 is 0 Å². The highest BCUT2D eigenvalue weighted by atomic mass is 16.2. The molecule has 1 aliphatic carbocycles. The van der Waals surface area contributed by atoms with Crippen LogP contribution in [0, 0.1) is 0 Å². The maximum absolute atomic E-state index is 11.4. The van der Waals surface area contributed by atoms with Gasteiger partial charge in [-0.25, -0.2) is 9.78 Å². The lowest BCUT2D eigenvalue weighted by Gasteiger charge is -2.07. The fourth-order valence-corrected chi connectivity index (χ4v) is 1.33. The Balaban J connectivity index is 1.83. The van der Waals surface area contributed by atoms with Crippen molar-refractivity contribution in [2.45, 2.75) is 18.9 Å². The van der Waals surface area contributed by atoms with Crippen molar-refractivity contribution in [1.82, 2.24) is 10.3 Å². The molecule has 0 spiro atoms.